The van der Waals surface area contributed by atoms with E-state index in [0.717, 1.165) is 20.9 Å². The van der Waals surface area contributed by atoms with Crippen LogP contribution in [0.5, 0.6) is 11.5 Å². The van der Waals surface area contributed by atoms with Gasteiger partial charge in [-0.2, -0.15) is 0 Å². The quantitative estimate of drug-likeness (QED) is 0.200. The fourth-order valence-electron chi connectivity index (χ4n) is 4.22. The van der Waals surface area contributed by atoms with Crippen molar-refractivity contribution in [3.05, 3.63) is 127 Å². The van der Waals surface area contributed by atoms with Crippen LogP contribution in [-0.4, -0.2) is 33.6 Å². The number of hydrogen-bond acceptors (Lipinski definition) is 8. The number of hydrogen-bond donors (Lipinski definition) is 2. The van der Waals surface area contributed by atoms with E-state index in [4.69, 9.17) is 15.0 Å². The van der Waals surface area contributed by atoms with Crippen LogP contribution in [0.25, 0.3) is 34.2 Å². The summed E-state index contributed by atoms with van der Waals surface area (Å²) >= 11 is 1.58. The minimum absolute atomic E-state index is 0.00473. The first-order chi connectivity index (χ1) is 20.3. The lowest BCUT2D eigenvalue weighted by atomic mass is 10.1. The Kier molecular flexibility index (Phi) is 7.43. The molecule has 0 aliphatic heterocycles. The summed E-state index contributed by atoms with van der Waals surface area (Å²) in [5, 5.41) is 19.1. The van der Waals surface area contributed by atoms with E-state index in [1.54, 1.807) is 36.0 Å². The fraction of sp³-hybridized carbons (Fsp3) is 0. The third-order valence-electron chi connectivity index (χ3n) is 6.42. The zero-order valence-electron chi connectivity index (χ0n) is 22.0. The second kappa shape index (κ2) is 11.5. The van der Waals surface area contributed by atoms with Gasteiger partial charge in [-0.25, -0.2) is 23.4 Å². The molecule has 0 radical (unpaired) electrons. The van der Waals surface area contributed by atoms with Gasteiger partial charge < -0.3 is 10.2 Å². The molecule has 42 heavy (non-hydrogen) atoms. The molecule has 6 rings (SSSR count). The van der Waals surface area contributed by atoms with Crippen molar-refractivity contribution in [2.75, 3.05) is 0 Å². The van der Waals surface area contributed by atoms with E-state index in [1.165, 1.54) is 36.4 Å². The van der Waals surface area contributed by atoms with Crippen LogP contribution in [0.3, 0.4) is 0 Å². The molecular weight excluding hydrogens is 567 g/mol. The zero-order valence-corrected chi connectivity index (χ0v) is 23.6. The van der Waals surface area contributed by atoms with Gasteiger partial charge in [-0.3, -0.25) is 0 Å². The number of aromatic hydroxyl groups is 2. The molecule has 7 nitrogen and oxygen atoms in total. The zero-order chi connectivity index (χ0) is 29.1. The summed E-state index contributed by atoms with van der Waals surface area (Å²) in [5.41, 5.74) is 2.27. The number of phenols is 2. The number of benzene rings is 5. The summed E-state index contributed by atoms with van der Waals surface area (Å²) in [6.07, 6.45) is 0. The maximum atomic E-state index is 13.1. The standard InChI is InChI=1S/C33H23N3O4S2/c37-25-10-16-28(17-11-25)41-27-14-6-23(7-15-27)32-34-31(22-4-2-1-3-5-22)35-33(36-32)24-8-18-29(19-9-24)42(39,40)30-20-12-26(38)13-21-30/h1-21,37-38H. The van der Waals surface area contributed by atoms with Gasteiger partial charge in [0.2, 0.25) is 9.84 Å². The fourth-order valence-corrected chi connectivity index (χ4v) is 6.29. The van der Waals surface area contributed by atoms with Crippen molar-refractivity contribution < 1.29 is 18.6 Å². The van der Waals surface area contributed by atoms with E-state index in [0.29, 0.717) is 23.0 Å². The summed E-state index contributed by atoms with van der Waals surface area (Å²) in [4.78, 5) is 16.5. The first kappa shape index (κ1) is 27.2. The van der Waals surface area contributed by atoms with Crippen LogP contribution >= 0.6 is 11.8 Å². The van der Waals surface area contributed by atoms with E-state index >= 15 is 0 Å². The smallest absolute Gasteiger partial charge is 0.206 e. The molecule has 206 valence electrons. The second-order valence-corrected chi connectivity index (χ2v) is 12.4. The topological polar surface area (TPSA) is 113 Å². The number of phenolic OH excluding ortho intramolecular Hbond substituents is 2. The Labute approximate surface area is 247 Å². The van der Waals surface area contributed by atoms with Gasteiger partial charge in [0.15, 0.2) is 17.5 Å². The van der Waals surface area contributed by atoms with Gasteiger partial charge in [0.25, 0.3) is 0 Å². The molecule has 0 spiro atoms. The molecule has 0 atom stereocenters. The lowest BCUT2D eigenvalue weighted by molar-refractivity contribution is 0.474. The molecule has 0 unspecified atom stereocenters. The summed E-state index contributed by atoms with van der Waals surface area (Å²) in [5.74, 6) is 1.62. The van der Waals surface area contributed by atoms with Crippen LogP contribution in [0.4, 0.5) is 0 Å². The van der Waals surface area contributed by atoms with Crippen molar-refractivity contribution in [1.82, 2.24) is 15.0 Å². The molecule has 6 aromatic rings. The largest absolute Gasteiger partial charge is 0.508 e. The van der Waals surface area contributed by atoms with Crippen molar-refractivity contribution in [2.24, 2.45) is 0 Å². The lowest BCUT2D eigenvalue weighted by Crippen LogP contribution is -2.03. The van der Waals surface area contributed by atoms with E-state index in [2.05, 4.69) is 0 Å². The monoisotopic (exact) mass is 589 g/mol. The minimum atomic E-state index is -3.76. The van der Waals surface area contributed by atoms with Crippen molar-refractivity contribution in [3.63, 3.8) is 0 Å². The Morgan fingerprint density at radius 1 is 0.452 bits per heavy atom. The lowest BCUT2D eigenvalue weighted by Gasteiger charge is -2.10. The van der Waals surface area contributed by atoms with Crippen LogP contribution in [0.1, 0.15) is 0 Å². The molecule has 1 aromatic heterocycles. The first-order valence-corrected chi connectivity index (χ1v) is 15.2. The molecule has 0 saturated carbocycles. The summed E-state index contributed by atoms with van der Waals surface area (Å²) in [7, 11) is -3.76. The second-order valence-electron chi connectivity index (χ2n) is 9.31. The van der Waals surface area contributed by atoms with Crippen molar-refractivity contribution in [1.29, 1.82) is 0 Å². The van der Waals surface area contributed by atoms with Gasteiger partial charge in [-0.15, -0.1) is 0 Å². The molecule has 0 aliphatic carbocycles. The maximum Gasteiger partial charge on any atom is 0.206 e. The van der Waals surface area contributed by atoms with E-state index in [1.807, 2.05) is 66.7 Å². The average Bonchev–Trinajstić information content (AvgIpc) is 3.03. The molecule has 0 amide bonds. The number of rotatable bonds is 7. The minimum Gasteiger partial charge on any atom is -0.508 e. The Morgan fingerprint density at radius 2 is 0.810 bits per heavy atom. The summed E-state index contributed by atoms with van der Waals surface area (Å²) < 4.78 is 26.2. The van der Waals surface area contributed by atoms with Gasteiger partial charge in [0.1, 0.15) is 11.5 Å². The first-order valence-electron chi connectivity index (χ1n) is 12.9. The highest BCUT2D eigenvalue weighted by Gasteiger charge is 2.19. The normalized spacial score (nSPS) is 11.3. The Hall–Kier alpha value is -4.99. The van der Waals surface area contributed by atoms with E-state index in [-0.39, 0.29) is 21.3 Å². The number of sulfone groups is 1. The molecule has 0 saturated heterocycles. The molecule has 9 heteroatoms. The highest BCUT2D eigenvalue weighted by atomic mass is 32.2. The highest BCUT2D eigenvalue weighted by Crippen LogP contribution is 2.32. The van der Waals surface area contributed by atoms with Crippen molar-refractivity contribution >= 4 is 21.6 Å². The molecule has 2 N–H and O–H groups in total. The summed E-state index contributed by atoms with van der Waals surface area (Å²) in [6, 6.07) is 36.3. The molecule has 5 aromatic carbocycles. The third-order valence-corrected chi connectivity index (χ3v) is 9.22. The van der Waals surface area contributed by atoms with Gasteiger partial charge in [0, 0.05) is 26.5 Å². The number of aromatic nitrogens is 3. The molecule has 0 fully saturated rings. The third kappa shape index (κ3) is 5.88. The van der Waals surface area contributed by atoms with E-state index in [9.17, 15) is 18.6 Å². The van der Waals surface area contributed by atoms with Crippen LogP contribution in [0.15, 0.2) is 147 Å². The average molecular weight is 590 g/mol. The highest BCUT2D eigenvalue weighted by molar-refractivity contribution is 7.99. The predicted molar refractivity (Wildman–Crippen MR) is 162 cm³/mol. The van der Waals surface area contributed by atoms with Crippen LogP contribution in [0, 0.1) is 0 Å². The Balaban J connectivity index is 1.35. The van der Waals surface area contributed by atoms with Crippen LogP contribution in [0.2, 0.25) is 0 Å². The van der Waals surface area contributed by atoms with E-state index < -0.39 is 9.84 Å². The number of nitrogens with zero attached hydrogens (tertiary/aromatic N) is 3. The Morgan fingerprint density at radius 3 is 1.29 bits per heavy atom. The molecule has 1 heterocycles. The Bertz CT molecular complexity index is 1950. The van der Waals surface area contributed by atoms with Crippen molar-refractivity contribution in [2.45, 2.75) is 19.6 Å². The summed E-state index contributed by atoms with van der Waals surface area (Å²) in [6.45, 7) is 0. The van der Waals surface area contributed by atoms with Gasteiger partial charge >= 0.3 is 0 Å². The molecular formula is C33H23N3O4S2. The predicted octanol–water partition coefficient (Wildman–Crippen LogP) is 7.27. The SMILES string of the molecule is O=S(=O)(c1ccc(O)cc1)c1ccc(-c2nc(-c3ccccc3)nc(-c3ccc(Sc4ccc(O)cc4)cc3)n2)cc1. The van der Waals surface area contributed by atoms with Crippen molar-refractivity contribution in [3.8, 4) is 45.7 Å². The van der Waals surface area contributed by atoms with Crippen LogP contribution in [-0.2, 0) is 9.84 Å². The van der Waals surface area contributed by atoms with Crippen LogP contribution < -0.4 is 0 Å². The van der Waals surface area contributed by atoms with Gasteiger partial charge in [0.05, 0.1) is 9.79 Å². The van der Waals surface area contributed by atoms with Gasteiger partial charge in [-0.1, -0.05) is 54.2 Å². The van der Waals surface area contributed by atoms with Gasteiger partial charge in [-0.05, 0) is 84.9 Å². The molecule has 0 bridgehead atoms. The molecule has 0 aliphatic rings. The maximum absolute atomic E-state index is 13.1.